The van der Waals surface area contributed by atoms with Crippen molar-refractivity contribution in [2.75, 3.05) is 0 Å². The average Bonchev–Trinajstić information content (AvgIpc) is 1.84. The van der Waals surface area contributed by atoms with E-state index >= 15 is 0 Å². The molecule has 0 bridgehead atoms. The van der Waals surface area contributed by atoms with E-state index in [-0.39, 0.29) is 0 Å². The minimum Gasteiger partial charge on any atom is -0.481 e. The van der Waals surface area contributed by atoms with Crippen LogP contribution in [0.15, 0.2) is 0 Å². The summed E-state index contributed by atoms with van der Waals surface area (Å²) in [5.74, 6) is -3.11. The van der Waals surface area contributed by atoms with Crippen molar-refractivity contribution in [2.45, 2.75) is 18.5 Å². The van der Waals surface area contributed by atoms with E-state index in [1.807, 2.05) is 0 Å². The van der Waals surface area contributed by atoms with E-state index in [1.165, 1.54) is 0 Å². The van der Waals surface area contributed by atoms with Gasteiger partial charge in [-0.2, -0.15) is 0 Å². The van der Waals surface area contributed by atoms with Crippen LogP contribution in [0.5, 0.6) is 0 Å². The van der Waals surface area contributed by atoms with Gasteiger partial charge < -0.3 is 10.2 Å². The number of carboxylic acid groups (broad SMARTS) is 2. The summed E-state index contributed by atoms with van der Waals surface area (Å²) >= 11 is 0. The summed E-state index contributed by atoms with van der Waals surface area (Å²) in [4.78, 5) is 20.4. The zero-order valence-electron chi connectivity index (χ0n) is 6.18. The topological polar surface area (TPSA) is 109 Å². The number of aliphatic carboxylic acids is 2. The van der Waals surface area contributed by atoms with E-state index in [9.17, 15) is 18.7 Å². The van der Waals surface area contributed by atoms with E-state index in [0.29, 0.717) is 0 Å². The molecule has 6 nitrogen and oxygen atoms in total. The molecule has 1 unspecified atom stereocenters. The first-order chi connectivity index (χ1) is 5.30. The van der Waals surface area contributed by atoms with Gasteiger partial charge in [0.15, 0.2) is 5.16 Å². The third-order valence-corrected chi connectivity index (χ3v) is 2.51. The molecule has 0 aliphatic rings. The molecule has 7 heteroatoms. The first-order valence-corrected chi connectivity index (χ1v) is 4.08. The molecule has 0 aromatic heterocycles. The third kappa shape index (κ3) is 2.17. The minimum atomic E-state index is -3.30. The molecule has 0 rings (SSSR count). The number of carboxylic acids is 2. The molecule has 0 heterocycles. The summed E-state index contributed by atoms with van der Waals surface area (Å²) in [5.41, 5.74) is 0. The fraction of sp³-hybridized carbons (Fsp3) is 0.600. The summed E-state index contributed by atoms with van der Waals surface area (Å²) in [6.45, 7) is 0.856. The Morgan fingerprint density at radius 2 is 1.75 bits per heavy atom. The van der Waals surface area contributed by atoms with Crippen LogP contribution in [0.2, 0.25) is 0 Å². The van der Waals surface area contributed by atoms with Crippen LogP contribution in [-0.2, 0) is 18.7 Å². The second-order valence-corrected chi connectivity index (χ2v) is 3.91. The van der Waals surface area contributed by atoms with Gasteiger partial charge in [0.05, 0.1) is 6.42 Å². The fourth-order valence-corrected chi connectivity index (χ4v) is 0.933. The lowest BCUT2D eigenvalue weighted by Gasteiger charge is -2.11. The summed E-state index contributed by atoms with van der Waals surface area (Å²) in [5, 5.41) is 14.4. The van der Waals surface area contributed by atoms with Crippen LogP contribution in [0.25, 0.3) is 0 Å². The molecule has 2 N–H and O–H groups in total. The van der Waals surface area contributed by atoms with E-state index in [0.717, 1.165) is 6.92 Å². The van der Waals surface area contributed by atoms with Crippen molar-refractivity contribution in [3.8, 4) is 0 Å². The van der Waals surface area contributed by atoms with Crippen molar-refractivity contribution < 1.29 is 28.9 Å². The van der Waals surface area contributed by atoms with E-state index in [4.69, 9.17) is 10.2 Å². The molecule has 68 valence electrons. The number of hydrogen-bond donors (Lipinski definition) is 2. The van der Waals surface area contributed by atoms with Gasteiger partial charge in [0, 0.05) is 0 Å². The molecule has 0 saturated heterocycles. The Hall–Kier alpha value is -1.16. The van der Waals surface area contributed by atoms with Gasteiger partial charge in [-0.05, 0) is 6.92 Å². The Morgan fingerprint density at radius 1 is 1.33 bits per heavy atom. The summed E-state index contributed by atoms with van der Waals surface area (Å²) in [6.07, 6.45) is -0.930. The summed E-state index contributed by atoms with van der Waals surface area (Å²) in [7, 11) is -3.30. The highest BCUT2D eigenvalue weighted by Crippen LogP contribution is 2.32. The Labute approximate surface area is 68.0 Å². The molecule has 0 spiro atoms. The Balaban J connectivity index is 4.88. The van der Waals surface area contributed by atoms with E-state index in [1.54, 1.807) is 0 Å². The maximum absolute atomic E-state index is 10.4. The van der Waals surface area contributed by atoms with Gasteiger partial charge in [0.1, 0.15) is 0 Å². The predicted octanol–water partition coefficient (Wildman–Crippen LogP) is 0.477. The van der Waals surface area contributed by atoms with Gasteiger partial charge in [-0.3, -0.25) is 9.59 Å². The maximum Gasteiger partial charge on any atom is 0.333 e. The van der Waals surface area contributed by atoms with Crippen molar-refractivity contribution in [1.82, 2.24) is 0 Å². The number of rotatable bonds is 4. The predicted molar refractivity (Wildman–Crippen MR) is 36.6 cm³/mol. The second-order valence-electron chi connectivity index (χ2n) is 2.41. The maximum atomic E-state index is 10.4. The van der Waals surface area contributed by atoms with Crippen molar-refractivity contribution in [1.29, 1.82) is 0 Å². The van der Waals surface area contributed by atoms with Crippen LogP contribution in [-0.4, -0.2) is 27.3 Å². The highest BCUT2D eigenvalue weighted by Gasteiger charge is 2.42. The molecule has 0 aliphatic heterocycles. The average molecular weight is 194 g/mol. The minimum absolute atomic E-state index is 0.856. The van der Waals surface area contributed by atoms with E-state index in [2.05, 4.69) is 0 Å². The Kier molecular flexibility index (Phi) is 3.15. The van der Waals surface area contributed by atoms with Gasteiger partial charge in [-0.1, -0.05) is 0 Å². The molecule has 1 atom stereocenters. The first-order valence-electron chi connectivity index (χ1n) is 2.90. The second kappa shape index (κ2) is 3.49. The molecule has 0 aromatic carbocycles. The van der Waals surface area contributed by atoms with Gasteiger partial charge in [0.2, 0.25) is 0 Å². The van der Waals surface area contributed by atoms with Gasteiger partial charge in [-0.15, -0.1) is 0 Å². The SMILES string of the molecule is CC(CC(=O)O)(C(=O)O)P(=O)=O. The molecule has 0 aromatic rings. The van der Waals surface area contributed by atoms with Crippen molar-refractivity contribution in [3.63, 3.8) is 0 Å². The zero-order chi connectivity index (χ0) is 9.94. The van der Waals surface area contributed by atoms with Gasteiger partial charge in [0.25, 0.3) is 0 Å². The van der Waals surface area contributed by atoms with Crippen molar-refractivity contribution in [3.05, 3.63) is 0 Å². The normalized spacial score (nSPS) is 14.8. The molecular formula is C5H7O6P. The molecule has 0 saturated carbocycles. The zero-order valence-corrected chi connectivity index (χ0v) is 7.08. The fourth-order valence-electron chi connectivity index (χ4n) is 0.513. The molecule has 0 aliphatic carbocycles. The van der Waals surface area contributed by atoms with Gasteiger partial charge >= 0.3 is 19.6 Å². The first kappa shape index (κ1) is 10.8. The van der Waals surface area contributed by atoms with Crippen LogP contribution in [0, 0.1) is 0 Å². The smallest absolute Gasteiger partial charge is 0.333 e. The lowest BCUT2D eigenvalue weighted by molar-refractivity contribution is -0.146. The van der Waals surface area contributed by atoms with Crippen LogP contribution in [0.4, 0.5) is 0 Å². The van der Waals surface area contributed by atoms with Crippen LogP contribution >= 0.6 is 7.68 Å². The molecular weight excluding hydrogens is 187 g/mol. The highest BCUT2D eigenvalue weighted by atomic mass is 31.1. The molecule has 0 fully saturated rings. The van der Waals surface area contributed by atoms with Crippen LogP contribution in [0.3, 0.4) is 0 Å². The van der Waals surface area contributed by atoms with Gasteiger partial charge in [-0.25, -0.2) is 9.13 Å². The quantitative estimate of drug-likeness (QED) is 0.629. The molecule has 12 heavy (non-hydrogen) atoms. The molecule has 0 radical (unpaired) electrons. The highest BCUT2D eigenvalue weighted by molar-refractivity contribution is 7.34. The van der Waals surface area contributed by atoms with Crippen molar-refractivity contribution in [2.24, 2.45) is 0 Å². The largest absolute Gasteiger partial charge is 0.481 e. The van der Waals surface area contributed by atoms with Crippen LogP contribution in [0.1, 0.15) is 13.3 Å². The number of carbonyl (C=O) groups is 2. The third-order valence-electron chi connectivity index (χ3n) is 1.36. The Morgan fingerprint density at radius 3 is 1.83 bits per heavy atom. The lowest BCUT2D eigenvalue weighted by Crippen LogP contribution is -2.32. The Bertz CT molecular complexity index is 272. The lowest BCUT2D eigenvalue weighted by atomic mass is 10.1. The number of hydrogen-bond acceptors (Lipinski definition) is 4. The summed E-state index contributed by atoms with van der Waals surface area (Å²) < 4.78 is 20.8. The summed E-state index contributed by atoms with van der Waals surface area (Å²) in [6, 6.07) is 0. The standard InChI is InChI=1S/C5H7O6P/c1-5(4(8)9,12(10)11)2-3(6)7/h2H2,1H3,(H,6,7)(H,8,9). The van der Waals surface area contributed by atoms with Crippen LogP contribution < -0.4 is 0 Å². The van der Waals surface area contributed by atoms with E-state index < -0.39 is 31.2 Å². The monoisotopic (exact) mass is 194 g/mol. The van der Waals surface area contributed by atoms with Crippen molar-refractivity contribution >= 4 is 19.6 Å². The molecule has 0 amide bonds.